The van der Waals surface area contributed by atoms with Crippen molar-refractivity contribution in [3.8, 4) is 0 Å². The van der Waals surface area contributed by atoms with Gasteiger partial charge in [-0.2, -0.15) is 0 Å². The second kappa shape index (κ2) is 4.26. The number of rotatable bonds is 1. The van der Waals surface area contributed by atoms with E-state index in [1.54, 1.807) is 0 Å². The van der Waals surface area contributed by atoms with Crippen molar-refractivity contribution >= 4 is 22.5 Å². The lowest BCUT2D eigenvalue weighted by Gasteiger charge is -2.05. The lowest BCUT2D eigenvalue weighted by Crippen LogP contribution is -2.00. The minimum absolute atomic E-state index is 0.379. The molecule has 2 aromatic carbocycles. The van der Waals surface area contributed by atoms with Crippen molar-refractivity contribution in [3.63, 3.8) is 0 Å². The van der Waals surface area contributed by atoms with Gasteiger partial charge in [-0.3, -0.25) is 0 Å². The van der Waals surface area contributed by atoms with E-state index in [1.807, 2.05) is 12.1 Å². The highest BCUT2D eigenvalue weighted by molar-refractivity contribution is 6.14. The fourth-order valence-corrected chi connectivity index (χ4v) is 2.45. The summed E-state index contributed by atoms with van der Waals surface area (Å²) >= 11 is 0. The summed E-state index contributed by atoms with van der Waals surface area (Å²) in [6.07, 6.45) is 1.79. The van der Waals surface area contributed by atoms with Crippen LogP contribution in [0.3, 0.4) is 0 Å². The lowest BCUT2D eigenvalue weighted by molar-refractivity contribution is -0.140. The third-order valence-corrected chi connectivity index (χ3v) is 3.22. The molecule has 0 fully saturated rings. The number of carbonyl (C=O) groups is 1. The Morgan fingerprint density at radius 1 is 1.17 bits per heavy atom. The van der Waals surface area contributed by atoms with Crippen molar-refractivity contribution in [2.45, 2.75) is 19.8 Å². The van der Waals surface area contributed by atoms with Crippen LogP contribution in [0.1, 0.15) is 24.5 Å². The van der Waals surface area contributed by atoms with Gasteiger partial charge in [-0.25, -0.2) is 4.79 Å². The number of fused-ring (bicyclic) bond motifs is 3. The van der Waals surface area contributed by atoms with Gasteiger partial charge >= 0.3 is 5.97 Å². The SMILES string of the molecule is CC(=O)ON=C1CCc2ccc3ccccc3c21. The van der Waals surface area contributed by atoms with Crippen molar-refractivity contribution in [1.82, 2.24) is 0 Å². The summed E-state index contributed by atoms with van der Waals surface area (Å²) in [5.74, 6) is -0.379. The average molecular weight is 239 g/mol. The van der Waals surface area contributed by atoms with E-state index in [0.29, 0.717) is 0 Å². The molecule has 1 aliphatic rings. The number of oxime groups is 1. The van der Waals surface area contributed by atoms with Crippen LogP contribution in [0.4, 0.5) is 0 Å². The summed E-state index contributed by atoms with van der Waals surface area (Å²) < 4.78 is 0. The first-order valence-corrected chi connectivity index (χ1v) is 6.01. The molecule has 3 nitrogen and oxygen atoms in total. The fourth-order valence-electron chi connectivity index (χ4n) is 2.45. The first-order valence-electron chi connectivity index (χ1n) is 6.01. The summed E-state index contributed by atoms with van der Waals surface area (Å²) in [6, 6.07) is 12.5. The molecule has 0 radical (unpaired) electrons. The van der Waals surface area contributed by atoms with Gasteiger partial charge < -0.3 is 4.84 Å². The van der Waals surface area contributed by atoms with Crippen LogP contribution >= 0.6 is 0 Å². The zero-order valence-electron chi connectivity index (χ0n) is 10.1. The highest BCUT2D eigenvalue weighted by atomic mass is 16.7. The van der Waals surface area contributed by atoms with Gasteiger partial charge in [-0.1, -0.05) is 41.6 Å². The Morgan fingerprint density at radius 2 is 2.00 bits per heavy atom. The maximum atomic E-state index is 10.8. The summed E-state index contributed by atoms with van der Waals surface area (Å²) in [7, 11) is 0. The summed E-state index contributed by atoms with van der Waals surface area (Å²) in [4.78, 5) is 15.6. The van der Waals surface area contributed by atoms with Crippen molar-refractivity contribution in [2.24, 2.45) is 5.16 Å². The van der Waals surface area contributed by atoms with Crippen LogP contribution < -0.4 is 0 Å². The summed E-state index contributed by atoms with van der Waals surface area (Å²) in [5.41, 5.74) is 3.28. The van der Waals surface area contributed by atoms with E-state index in [4.69, 9.17) is 4.84 Å². The van der Waals surface area contributed by atoms with Crippen LogP contribution in [0.15, 0.2) is 41.6 Å². The van der Waals surface area contributed by atoms with Gasteiger partial charge in [-0.05, 0) is 29.2 Å². The van der Waals surface area contributed by atoms with E-state index in [1.165, 1.54) is 23.3 Å². The monoisotopic (exact) mass is 239 g/mol. The normalized spacial score (nSPS) is 15.9. The quantitative estimate of drug-likeness (QED) is 0.566. The number of benzene rings is 2. The highest BCUT2D eigenvalue weighted by Crippen LogP contribution is 2.30. The van der Waals surface area contributed by atoms with Gasteiger partial charge in [-0.15, -0.1) is 0 Å². The molecular weight excluding hydrogens is 226 g/mol. The first kappa shape index (κ1) is 11.0. The molecule has 0 spiro atoms. The molecule has 0 N–H and O–H groups in total. The standard InChI is InChI=1S/C15H13NO2/c1-10(17)18-16-14-9-8-12-7-6-11-4-2-3-5-13(11)15(12)14/h2-7H,8-9H2,1H3. The molecule has 0 heterocycles. The van der Waals surface area contributed by atoms with E-state index in [9.17, 15) is 4.79 Å². The van der Waals surface area contributed by atoms with Gasteiger partial charge in [0.25, 0.3) is 0 Å². The van der Waals surface area contributed by atoms with E-state index in [2.05, 4.69) is 29.4 Å². The molecule has 18 heavy (non-hydrogen) atoms. The zero-order chi connectivity index (χ0) is 12.5. The molecule has 3 rings (SSSR count). The first-order chi connectivity index (χ1) is 8.75. The summed E-state index contributed by atoms with van der Waals surface area (Å²) in [5, 5.41) is 6.35. The van der Waals surface area contributed by atoms with Crippen LogP contribution in [-0.4, -0.2) is 11.7 Å². The largest absolute Gasteiger partial charge is 0.331 e. The maximum absolute atomic E-state index is 10.8. The number of nitrogens with zero attached hydrogens (tertiary/aromatic N) is 1. The minimum Gasteiger partial charge on any atom is -0.318 e. The Morgan fingerprint density at radius 3 is 2.83 bits per heavy atom. The van der Waals surface area contributed by atoms with Crippen LogP contribution in [0, 0.1) is 0 Å². The van der Waals surface area contributed by atoms with E-state index in [-0.39, 0.29) is 5.97 Å². The molecule has 2 aromatic rings. The third kappa shape index (κ3) is 1.78. The minimum atomic E-state index is -0.379. The van der Waals surface area contributed by atoms with Gasteiger partial charge in [0.2, 0.25) is 0 Å². The van der Waals surface area contributed by atoms with Gasteiger partial charge in [0.05, 0.1) is 5.71 Å². The molecule has 0 aromatic heterocycles. The molecule has 0 aliphatic heterocycles. The Labute approximate surface area is 105 Å². The van der Waals surface area contributed by atoms with Gasteiger partial charge in [0.15, 0.2) is 0 Å². The number of carbonyl (C=O) groups excluding carboxylic acids is 1. The molecule has 0 unspecified atom stereocenters. The molecule has 1 aliphatic carbocycles. The maximum Gasteiger partial charge on any atom is 0.331 e. The Balaban J connectivity index is 2.16. The van der Waals surface area contributed by atoms with E-state index < -0.39 is 0 Å². The van der Waals surface area contributed by atoms with Crippen LogP contribution in [0.25, 0.3) is 10.8 Å². The predicted octanol–water partition coefficient (Wildman–Crippen LogP) is 3.05. The third-order valence-electron chi connectivity index (χ3n) is 3.22. The molecule has 0 bridgehead atoms. The number of hydrogen-bond donors (Lipinski definition) is 0. The second-order valence-corrected chi connectivity index (χ2v) is 4.44. The smallest absolute Gasteiger partial charge is 0.318 e. The second-order valence-electron chi connectivity index (χ2n) is 4.44. The molecule has 0 amide bonds. The molecular formula is C15H13NO2. The van der Waals surface area contributed by atoms with Gasteiger partial charge in [0.1, 0.15) is 0 Å². The topological polar surface area (TPSA) is 38.7 Å². The fraction of sp³-hybridized carbons (Fsp3) is 0.200. The Bertz CT molecular complexity index is 659. The summed E-state index contributed by atoms with van der Waals surface area (Å²) in [6.45, 7) is 1.36. The van der Waals surface area contributed by atoms with E-state index >= 15 is 0 Å². The number of hydrogen-bond acceptors (Lipinski definition) is 3. The van der Waals surface area contributed by atoms with Crippen molar-refractivity contribution < 1.29 is 9.63 Å². The van der Waals surface area contributed by atoms with Crippen molar-refractivity contribution in [1.29, 1.82) is 0 Å². The molecule has 0 saturated heterocycles. The Kier molecular flexibility index (Phi) is 2.59. The highest BCUT2D eigenvalue weighted by Gasteiger charge is 2.21. The van der Waals surface area contributed by atoms with Crippen LogP contribution in [-0.2, 0) is 16.1 Å². The molecule has 0 saturated carbocycles. The Hall–Kier alpha value is -2.16. The predicted molar refractivity (Wildman–Crippen MR) is 70.6 cm³/mol. The molecule has 0 atom stereocenters. The van der Waals surface area contributed by atoms with Crippen LogP contribution in [0.5, 0.6) is 0 Å². The zero-order valence-corrected chi connectivity index (χ0v) is 10.1. The van der Waals surface area contributed by atoms with Crippen LogP contribution in [0.2, 0.25) is 0 Å². The van der Waals surface area contributed by atoms with Crippen molar-refractivity contribution in [2.75, 3.05) is 0 Å². The lowest BCUT2D eigenvalue weighted by atomic mass is 10.0. The van der Waals surface area contributed by atoms with Crippen molar-refractivity contribution in [3.05, 3.63) is 47.5 Å². The molecule has 90 valence electrons. The molecule has 3 heteroatoms. The number of aryl methyl sites for hydroxylation is 1. The van der Waals surface area contributed by atoms with Gasteiger partial charge in [0, 0.05) is 12.5 Å². The average Bonchev–Trinajstić information content (AvgIpc) is 2.80. The van der Waals surface area contributed by atoms with E-state index in [0.717, 1.165) is 24.1 Å².